The summed E-state index contributed by atoms with van der Waals surface area (Å²) in [7, 11) is 0. The zero-order chi connectivity index (χ0) is 11.3. The SMILES string of the molecule is CC(C)=CCC[C@H](C)C[C@H]1OC[C@H](C)O1. The van der Waals surface area contributed by atoms with E-state index in [1.54, 1.807) is 0 Å². The topological polar surface area (TPSA) is 18.5 Å². The number of ether oxygens (including phenoxy) is 2. The van der Waals surface area contributed by atoms with Gasteiger partial charge < -0.3 is 9.47 Å². The first kappa shape index (κ1) is 12.7. The molecule has 2 heteroatoms. The second-order valence-electron chi connectivity index (χ2n) is 4.91. The summed E-state index contributed by atoms with van der Waals surface area (Å²) in [5.41, 5.74) is 1.41. The summed E-state index contributed by atoms with van der Waals surface area (Å²) >= 11 is 0. The second-order valence-corrected chi connectivity index (χ2v) is 4.91. The van der Waals surface area contributed by atoms with Gasteiger partial charge in [-0.25, -0.2) is 0 Å². The summed E-state index contributed by atoms with van der Waals surface area (Å²) in [5, 5.41) is 0. The van der Waals surface area contributed by atoms with Crippen molar-refractivity contribution in [1.82, 2.24) is 0 Å². The van der Waals surface area contributed by atoms with E-state index in [2.05, 4.69) is 33.8 Å². The zero-order valence-corrected chi connectivity index (χ0v) is 10.5. The fourth-order valence-corrected chi connectivity index (χ4v) is 1.81. The lowest BCUT2D eigenvalue weighted by Crippen LogP contribution is -2.13. The van der Waals surface area contributed by atoms with E-state index in [4.69, 9.17) is 9.47 Å². The van der Waals surface area contributed by atoms with Gasteiger partial charge in [-0.1, -0.05) is 18.6 Å². The fraction of sp³-hybridized carbons (Fsp3) is 0.846. The van der Waals surface area contributed by atoms with E-state index in [9.17, 15) is 0 Å². The minimum atomic E-state index is 0.0432. The standard InChI is InChI=1S/C13H24O2/c1-10(2)6-5-7-11(3)8-13-14-9-12(4)15-13/h6,11-13H,5,7-9H2,1-4H3/t11-,12-,13-/m0/s1. The first-order valence-corrected chi connectivity index (χ1v) is 5.98. The summed E-state index contributed by atoms with van der Waals surface area (Å²) in [6.07, 6.45) is 6.05. The van der Waals surface area contributed by atoms with Crippen LogP contribution in [0.15, 0.2) is 11.6 Å². The Labute approximate surface area is 93.7 Å². The highest BCUT2D eigenvalue weighted by atomic mass is 16.7. The molecule has 3 atom stereocenters. The van der Waals surface area contributed by atoms with Gasteiger partial charge in [0, 0.05) is 6.42 Å². The van der Waals surface area contributed by atoms with Crippen molar-refractivity contribution >= 4 is 0 Å². The van der Waals surface area contributed by atoms with Crippen molar-refractivity contribution < 1.29 is 9.47 Å². The largest absolute Gasteiger partial charge is 0.350 e. The lowest BCUT2D eigenvalue weighted by molar-refractivity contribution is -0.0678. The maximum Gasteiger partial charge on any atom is 0.158 e. The van der Waals surface area contributed by atoms with Gasteiger partial charge in [0.1, 0.15) is 0 Å². The summed E-state index contributed by atoms with van der Waals surface area (Å²) in [5.74, 6) is 0.677. The first-order chi connectivity index (χ1) is 7.08. The van der Waals surface area contributed by atoms with E-state index < -0.39 is 0 Å². The van der Waals surface area contributed by atoms with Gasteiger partial charge in [-0.05, 0) is 39.5 Å². The van der Waals surface area contributed by atoms with Crippen LogP contribution in [0.2, 0.25) is 0 Å². The molecule has 88 valence electrons. The molecule has 0 aromatic heterocycles. The number of allylic oxidation sites excluding steroid dienone is 2. The smallest absolute Gasteiger partial charge is 0.158 e. The van der Waals surface area contributed by atoms with Crippen molar-refractivity contribution in [1.29, 1.82) is 0 Å². The van der Waals surface area contributed by atoms with Gasteiger partial charge in [0.25, 0.3) is 0 Å². The number of hydrogen-bond donors (Lipinski definition) is 0. The predicted molar refractivity (Wildman–Crippen MR) is 62.7 cm³/mol. The lowest BCUT2D eigenvalue weighted by atomic mass is 10.0. The van der Waals surface area contributed by atoms with Crippen LogP contribution in [0, 0.1) is 5.92 Å². The summed E-state index contributed by atoms with van der Waals surface area (Å²) < 4.78 is 11.1. The Balaban J connectivity index is 2.13. The molecule has 0 N–H and O–H groups in total. The highest BCUT2D eigenvalue weighted by Gasteiger charge is 2.23. The molecule has 1 rings (SSSR count). The fourth-order valence-electron chi connectivity index (χ4n) is 1.81. The Morgan fingerprint density at radius 1 is 1.47 bits per heavy atom. The third-order valence-corrected chi connectivity index (χ3v) is 2.71. The van der Waals surface area contributed by atoms with E-state index in [0.29, 0.717) is 5.92 Å². The van der Waals surface area contributed by atoms with Crippen molar-refractivity contribution in [2.45, 2.75) is 59.4 Å². The maximum absolute atomic E-state index is 5.62. The Morgan fingerprint density at radius 3 is 2.73 bits per heavy atom. The minimum absolute atomic E-state index is 0.0432. The number of rotatable bonds is 5. The summed E-state index contributed by atoms with van der Waals surface area (Å²) in [6, 6.07) is 0. The van der Waals surface area contributed by atoms with E-state index >= 15 is 0 Å². The molecule has 1 aliphatic heterocycles. The molecule has 0 aromatic carbocycles. The predicted octanol–water partition coefficient (Wildman–Crippen LogP) is 3.52. The Bertz CT molecular complexity index is 207. The van der Waals surface area contributed by atoms with Crippen LogP contribution in [0.1, 0.15) is 47.0 Å². The summed E-state index contributed by atoms with van der Waals surface area (Å²) in [4.78, 5) is 0. The molecule has 15 heavy (non-hydrogen) atoms. The van der Waals surface area contributed by atoms with Gasteiger partial charge in [0.15, 0.2) is 6.29 Å². The molecule has 0 spiro atoms. The molecule has 2 nitrogen and oxygen atoms in total. The molecule has 0 saturated carbocycles. The third-order valence-electron chi connectivity index (χ3n) is 2.71. The average molecular weight is 212 g/mol. The normalized spacial score (nSPS) is 27.7. The first-order valence-electron chi connectivity index (χ1n) is 5.98. The van der Waals surface area contributed by atoms with Crippen LogP contribution < -0.4 is 0 Å². The van der Waals surface area contributed by atoms with Crippen molar-refractivity contribution in [3.8, 4) is 0 Å². The molecule has 1 aliphatic rings. The number of hydrogen-bond acceptors (Lipinski definition) is 2. The Hall–Kier alpha value is -0.340. The van der Waals surface area contributed by atoms with Crippen LogP contribution in [-0.4, -0.2) is 19.0 Å². The zero-order valence-electron chi connectivity index (χ0n) is 10.5. The van der Waals surface area contributed by atoms with Crippen molar-refractivity contribution in [2.24, 2.45) is 5.92 Å². The quantitative estimate of drug-likeness (QED) is 0.649. The van der Waals surface area contributed by atoms with Gasteiger partial charge in [0.05, 0.1) is 12.7 Å². The molecular weight excluding hydrogens is 188 g/mol. The minimum Gasteiger partial charge on any atom is -0.350 e. The summed E-state index contributed by atoms with van der Waals surface area (Å²) in [6.45, 7) is 9.39. The van der Waals surface area contributed by atoms with Gasteiger partial charge in [-0.3, -0.25) is 0 Å². The maximum atomic E-state index is 5.62. The monoisotopic (exact) mass is 212 g/mol. The van der Waals surface area contributed by atoms with E-state index in [0.717, 1.165) is 13.0 Å². The molecule has 1 heterocycles. The van der Waals surface area contributed by atoms with Gasteiger partial charge in [-0.15, -0.1) is 0 Å². The van der Waals surface area contributed by atoms with Crippen LogP contribution in [0.5, 0.6) is 0 Å². The molecule has 0 unspecified atom stereocenters. The second kappa shape index (κ2) is 6.29. The molecule has 0 amide bonds. The Kier molecular flexibility index (Phi) is 5.34. The molecule has 1 saturated heterocycles. The molecule has 0 radical (unpaired) electrons. The highest BCUT2D eigenvalue weighted by molar-refractivity contribution is 4.92. The van der Waals surface area contributed by atoms with Crippen LogP contribution in [0.25, 0.3) is 0 Å². The lowest BCUT2D eigenvalue weighted by Gasteiger charge is -2.15. The molecule has 0 bridgehead atoms. The van der Waals surface area contributed by atoms with Crippen LogP contribution in [0.3, 0.4) is 0 Å². The third kappa shape index (κ3) is 5.33. The van der Waals surface area contributed by atoms with Crippen molar-refractivity contribution in [2.75, 3.05) is 6.61 Å². The molecule has 0 aromatic rings. The van der Waals surface area contributed by atoms with Crippen molar-refractivity contribution in [3.63, 3.8) is 0 Å². The van der Waals surface area contributed by atoms with Crippen molar-refractivity contribution in [3.05, 3.63) is 11.6 Å². The van der Waals surface area contributed by atoms with Gasteiger partial charge in [0.2, 0.25) is 0 Å². The van der Waals surface area contributed by atoms with Gasteiger partial charge in [-0.2, -0.15) is 0 Å². The van der Waals surface area contributed by atoms with E-state index in [-0.39, 0.29) is 12.4 Å². The van der Waals surface area contributed by atoms with E-state index in [1.165, 1.54) is 18.4 Å². The average Bonchev–Trinajstić information content (AvgIpc) is 2.50. The molecule has 0 aliphatic carbocycles. The Morgan fingerprint density at radius 2 is 2.20 bits per heavy atom. The molecule has 1 fully saturated rings. The van der Waals surface area contributed by atoms with Gasteiger partial charge >= 0.3 is 0 Å². The van der Waals surface area contributed by atoms with Crippen LogP contribution in [-0.2, 0) is 9.47 Å². The highest BCUT2D eigenvalue weighted by Crippen LogP contribution is 2.21. The van der Waals surface area contributed by atoms with E-state index in [1.807, 2.05) is 0 Å². The molecular formula is C13H24O2. The van der Waals surface area contributed by atoms with Crippen LogP contribution >= 0.6 is 0 Å². The van der Waals surface area contributed by atoms with Crippen LogP contribution in [0.4, 0.5) is 0 Å².